The second-order valence-corrected chi connectivity index (χ2v) is 5.48. The van der Waals surface area contributed by atoms with Crippen molar-refractivity contribution in [3.05, 3.63) is 46.3 Å². The van der Waals surface area contributed by atoms with Gasteiger partial charge in [-0.15, -0.1) is 0 Å². The topological polar surface area (TPSA) is 74.2 Å². The Morgan fingerprint density at radius 2 is 2.29 bits per heavy atom. The predicted molar refractivity (Wildman–Crippen MR) is 74.7 cm³/mol. The lowest BCUT2D eigenvalue weighted by Gasteiger charge is -2.25. The van der Waals surface area contributed by atoms with E-state index in [9.17, 15) is 4.39 Å². The van der Waals surface area contributed by atoms with E-state index < -0.39 is 5.82 Å². The number of nitrogens with zero attached hydrogens (tertiary/aromatic N) is 2. The van der Waals surface area contributed by atoms with E-state index in [2.05, 4.69) is 10.1 Å². The van der Waals surface area contributed by atoms with Crippen molar-refractivity contribution in [2.45, 2.75) is 24.8 Å². The molecule has 0 amide bonds. The molecule has 0 bridgehead atoms. The molecule has 21 heavy (non-hydrogen) atoms. The average molecular weight is 312 g/mol. The third-order valence-corrected chi connectivity index (χ3v) is 3.88. The van der Waals surface area contributed by atoms with Gasteiger partial charge in [0.2, 0.25) is 5.89 Å². The van der Waals surface area contributed by atoms with Crippen LogP contribution >= 0.6 is 11.6 Å². The molecule has 2 N–H and O–H groups in total. The summed E-state index contributed by atoms with van der Waals surface area (Å²) < 4.78 is 24.5. The number of aromatic nitrogens is 2. The van der Waals surface area contributed by atoms with E-state index in [0.717, 1.165) is 6.42 Å². The molecule has 0 radical (unpaired) electrons. The fourth-order valence-corrected chi connectivity index (χ4v) is 2.55. The van der Waals surface area contributed by atoms with Crippen molar-refractivity contribution in [1.29, 1.82) is 0 Å². The highest BCUT2D eigenvalue weighted by atomic mass is 35.5. The van der Waals surface area contributed by atoms with Crippen molar-refractivity contribution in [3.63, 3.8) is 0 Å². The number of hydrogen-bond acceptors (Lipinski definition) is 5. The van der Waals surface area contributed by atoms with Crippen LogP contribution in [0.15, 0.2) is 22.7 Å². The summed E-state index contributed by atoms with van der Waals surface area (Å²) in [5.41, 5.74) is 6.46. The molecule has 1 fully saturated rings. The van der Waals surface area contributed by atoms with Gasteiger partial charge >= 0.3 is 0 Å². The van der Waals surface area contributed by atoms with Gasteiger partial charge in [-0.2, -0.15) is 4.98 Å². The zero-order valence-corrected chi connectivity index (χ0v) is 12.0. The third kappa shape index (κ3) is 3.07. The molecule has 2 heterocycles. The second-order valence-electron chi connectivity index (χ2n) is 5.07. The molecule has 2 atom stereocenters. The Morgan fingerprint density at radius 3 is 3.10 bits per heavy atom. The lowest BCUT2D eigenvalue weighted by atomic mass is 9.97. The molecule has 0 saturated carbocycles. The molecule has 112 valence electrons. The van der Waals surface area contributed by atoms with Crippen LogP contribution in [0.1, 0.15) is 29.6 Å². The normalized spacial score (nSPS) is 22.4. The maximum Gasteiger partial charge on any atom is 0.233 e. The van der Waals surface area contributed by atoms with Crippen LogP contribution in [0.5, 0.6) is 0 Å². The van der Waals surface area contributed by atoms with E-state index in [-0.39, 0.29) is 23.4 Å². The first-order valence-corrected chi connectivity index (χ1v) is 7.11. The van der Waals surface area contributed by atoms with E-state index in [4.69, 9.17) is 26.6 Å². The van der Waals surface area contributed by atoms with Gasteiger partial charge in [0.1, 0.15) is 5.82 Å². The van der Waals surface area contributed by atoms with Gasteiger partial charge in [0.25, 0.3) is 0 Å². The number of nitrogens with two attached hydrogens (primary N) is 1. The van der Waals surface area contributed by atoms with Gasteiger partial charge < -0.3 is 15.0 Å². The van der Waals surface area contributed by atoms with E-state index in [0.29, 0.717) is 30.5 Å². The first-order valence-electron chi connectivity index (χ1n) is 6.74. The lowest BCUT2D eigenvalue weighted by Crippen LogP contribution is -2.37. The van der Waals surface area contributed by atoms with Crippen molar-refractivity contribution >= 4 is 11.6 Å². The monoisotopic (exact) mass is 311 g/mol. The summed E-state index contributed by atoms with van der Waals surface area (Å²) >= 11 is 5.75. The summed E-state index contributed by atoms with van der Waals surface area (Å²) in [6.07, 6.45) is 0.976. The Morgan fingerprint density at radius 1 is 1.43 bits per heavy atom. The van der Waals surface area contributed by atoms with Crippen LogP contribution in [0.25, 0.3) is 0 Å². The van der Waals surface area contributed by atoms with E-state index >= 15 is 0 Å². The standard InChI is InChI=1S/C14H15ClFN3O2/c15-10-3-1-2-8(13(10)16)6-12-18-14(21-19-12)9-7-20-5-4-11(9)17/h1-3,9,11H,4-7,17H2. The molecule has 1 aliphatic heterocycles. The Labute approximate surface area is 126 Å². The average Bonchev–Trinajstić information content (AvgIpc) is 2.93. The minimum Gasteiger partial charge on any atom is -0.381 e. The van der Waals surface area contributed by atoms with Gasteiger partial charge in [-0.25, -0.2) is 4.39 Å². The highest BCUT2D eigenvalue weighted by molar-refractivity contribution is 6.30. The smallest absolute Gasteiger partial charge is 0.233 e. The molecule has 0 aliphatic carbocycles. The molecule has 1 saturated heterocycles. The summed E-state index contributed by atoms with van der Waals surface area (Å²) in [5, 5.41) is 3.97. The Kier molecular flexibility index (Phi) is 4.19. The Balaban J connectivity index is 1.77. The number of rotatable bonds is 3. The molecular weight excluding hydrogens is 297 g/mol. The largest absolute Gasteiger partial charge is 0.381 e. The zero-order chi connectivity index (χ0) is 14.8. The maximum atomic E-state index is 13.9. The highest BCUT2D eigenvalue weighted by Gasteiger charge is 2.29. The third-order valence-electron chi connectivity index (χ3n) is 3.59. The molecule has 5 nitrogen and oxygen atoms in total. The summed E-state index contributed by atoms with van der Waals surface area (Å²) in [6, 6.07) is 4.77. The van der Waals surface area contributed by atoms with Gasteiger partial charge in [0, 0.05) is 19.1 Å². The van der Waals surface area contributed by atoms with E-state index in [1.807, 2.05) is 0 Å². The van der Waals surface area contributed by atoms with Gasteiger partial charge in [0.05, 0.1) is 17.5 Å². The number of halogens is 2. The molecular formula is C14H15ClFN3O2. The molecule has 7 heteroatoms. The maximum absolute atomic E-state index is 13.9. The van der Waals surface area contributed by atoms with Gasteiger partial charge in [-0.1, -0.05) is 28.9 Å². The first kappa shape index (κ1) is 14.4. The SMILES string of the molecule is NC1CCOCC1c1nc(Cc2cccc(Cl)c2F)no1. The van der Waals surface area contributed by atoms with Crippen LogP contribution in [0.4, 0.5) is 4.39 Å². The van der Waals surface area contributed by atoms with Crippen LogP contribution in [0.2, 0.25) is 5.02 Å². The second kappa shape index (κ2) is 6.09. The van der Waals surface area contributed by atoms with Crippen molar-refractivity contribution in [2.24, 2.45) is 5.73 Å². The van der Waals surface area contributed by atoms with Crippen LogP contribution in [-0.4, -0.2) is 29.4 Å². The number of ether oxygens (including phenoxy) is 1. The minimum atomic E-state index is -0.455. The van der Waals surface area contributed by atoms with Crippen LogP contribution in [0.3, 0.4) is 0 Å². The predicted octanol–water partition coefficient (Wildman–Crippen LogP) is 2.28. The lowest BCUT2D eigenvalue weighted by molar-refractivity contribution is 0.0590. The summed E-state index contributed by atoms with van der Waals surface area (Å²) in [4.78, 5) is 4.30. The number of benzene rings is 1. The van der Waals surface area contributed by atoms with Crippen LogP contribution in [-0.2, 0) is 11.2 Å². The van der Waals surface area contributed by atoms with Crippen molar-refractivity contribution in [1.82, 2.24) is 10.1 Å². The van der Waals surface area contributed by atoms with Crippen LogP contribution < -0.4 is 5.73 Å². The fourth-order valence-electron chi connectivity index (χ4n) is 2.35. The first-order chi connectivity index (χ1) is 10.1. The summed E-state index contributed by atoms with van der Waals surface area (Å²) in [6.45, 7) is 1.11. The highest BCUT2D eigenvalue weighted by Crippen LogP contribution is 2.24. The quantitative estimate of drug-likeness (QED) is 0.941. The molecule has 2 unspecified atom stereocenters. The van der Waals surface area contributed by atoms with Crippen molar-refractivity contribution in [3.8, 4) is 0 Å². The molecule has 1 aromatic heterocycles. The summed E-state index contributed by atoms with van der Waals surface area (Å²) in [7, 11) is 0. The molecule has 3 rings (SSSR count). The van der Waals surface area contributed by atoms with E-state index in [1.165, 1.54) is 6.07 Å². The minimum absolute atomic E-state index is 0.0602. The van der Waals surface area contributed by atoms with Gasteiger partial charge in [-0.05, 0) is 18.1 Å². The molecule has 2 aromatic rings. The molecule has 0 spiro atoms. The fraction of sp³-hybridized carbons (Fsp3) is 0.429. The zero-order valence-electron chi connectivity index (χ0n) is 11.3. The molecule has 1 aromatic carbocycles. The van der Waals surface area contributed by atoms with Gasteiger partial charge in [0.15, 0.2) is 5.82 Å². The van der Waals surface area contributed by atoms with E-state index in [1.54, 1.807) is 12.1 Å². The van der Waals surface area contributed by atoms with Crippen molar-refractivity contribution in [2.75, 3.05) is 13.2 Å². The van der Waals surface area contributed by atoms with Crippen molar-refractivity contribution < 1.29 is 13.7 Å². The van der Waals surface area contributed by atoms with Gasteiger partial charge in [-0.3, -0.25) is 0 Å². The summed E-state index contributed by atoms with van der Waals surface area (Å²) in [5.74, 6) is 0.288. The molecule has 1 aliphatic rings. The Bertz CT molecular complexity index is 634. The Hall–Kier alpha value is -1.50. The van der Waals surface area contributed by atoms with Crippen LogP contribution in [0, 0.1) is 5.82 Å². The number of hydrogen-bond donors (Lipinski definition) is 1.